The number of nitrogens with zero attached hydrogens (tertiary/aromatic N) is 1. The smallest absolute Gasteiger partial charge is 0.343 e. The predicted octanol–water partition coefficient (Wildman–Crippen LogP) is 3.10. The molecule has 33 heavy (non-hydrogen) atoms. The van der Waals surface area contributed by atoms with E-state index in [0.29, 0.717) is 28.2 Å². The molecule has 0 saturated carbocycles. The summed E-state index contributed by atoms with van der Waals surface area (Å²) in [4.78, 5) is 36.1. The predicted molar refractivity (Wildman–Crippen MR) is 124 cm³/mol. The molecule has 2 amide bonds. The number of carbonyl (C=O) groups is 3. The molecule has 0 unspecified atom stereocenters. The normalized spacial score (nSPS) is 10.5. The monoisotopic (exact) mass is 445 g/mol. The van der Waals surface area contributed by atoms with Crippen LogP contribution >= 0.6 is 0 Å². The zero-order chi connectivity index (χ0) is 23.6. The number of rotatable bonds is 8. The summed E-state index contributed by atoms with van der Waals surface area (Å²) in [5.41, 5.74) is 4.96. The SMILES string of the molecule is COc1ccc(C(=O)NCC(=O)N/N=C\c2ccc(OC(=O)c3ccc(C)cc3)cc2)cc1. The Bertz CT molecular complexity index is 1140. The number of ether oxygens (including phenoxy) is 2. The Morgan fingerprint density at radius 2 is 1.45 bits per heavy atom. The highest BCUT2D eigenvalue weighted by molar-refractivity contribution is 5.96. The van der Waals surface area contributed by atoms with Crippen molar-refractivity contribution in [3.8, 4) is 11.5 Å². The van der Waals surface area contributed by atoms with Gasteiger partial charge in [-0.15, -0.1) is 0 Å². The van der Waals surface area contributed by atoms with Gasteiger partial charge in [-0.05, 0) is 73.2 Å². The molecule has 0 aliphatic rings. The highest BCUT2D eigenvalue weighted by Crippen LogP contribution is 2.14. The molecule has 0 aliphatic carbocycles. The second-order valence-corrected chi connectivity index (χ2v) is 7.03. The lowest BCUT2D eigenvalue weighted by Crippen LogP contribution is -2.34. The summed E-state index contributed by atoms with van der Waals surface area (Å²) in [6, 6.07) is 20.3. The van der Waals surface area contributed by atoms with E-state index in [1.807, 2.05) is 19.1 Å². The first-order valence-corrected chi connectivity index (χ1v) is 10.1. The number of aryl methyl sites for hydroxylation is 1. The second kappa shape index (κ2) is 11.2. The summed E-state index contributed by atoms with van der Waals surface area (Å²) in [5.74, 6) is -0.274. The molecule has 3 aromatic rings. The summed E-state index contributed by atoms with van der Waals surface area (Å²) >= 11 is 0. The molecule has 0 spiro atoms. The lowest BCUT2D eigenvalue weighted by molar-refractivity contribution is -0.120. The van der Waals surface area contributed by atoms with E-state index in [0.717, 1.165) is 5.56 Å². The Kier molecular flexibility index (Phi) is 7.91. The van der Waals surface area contributed by atoms with Crippen molar-refractivity contribution >= 4 is 24.0 Å². The number of hydrazone groups is 1. The summed E-state index contributed by atoms with van der Waals surface area (Å²) in [7, 11) is 1.54. The van der Waals surface area contributed by atoms with E-state index in [2.05, 4.69) is 15.8 Å². The molecular weight excluding hydrogens is 422 g/mol. The first-order valence-electron chi connectivity index (χ1n) is 10.1. The molecule has 0 saturated heterocycles. The molecule has 8 heteroatoms. The number of esters is 1. The van der Waals surface area contributed by atoms with Crippen molar-refractivity contribution in [3.05, 3.63) is 95.1 Å². The van der Waals surface area contributed by atoms with Gasteiger partial charge in [0.25, 0.3) is 11.8 Å². The summed E-state index contributed by atoms with van der Waals surface area (Å²) in [6.07, 6.45) is 1.44. The molecule has 2 N–H and O–H groups in total. The van der Waals surface area contributed by atoms with E-state index < -0.39 is 11.9 Å². The molecular formula is C25H23N3O5. The minimum Gasteiger partial charge on any atom is -0.497 e. The third-order valence-electron chi connectivity index (χ3n) is 4.54. The molecule has 0 aromatic heterocycles. The minimum absolute atomic E-state index is 0.226. The maximum atomic E-state index is 12.2. The highest BCUT2D eigenvalue weighted by atomic mass is 16.5. The van der Waals surface area contributed by atoms with Crippen LogP contribution in [-0.2, 0) is 4.79 Å². The van der Waals surface area contributed by atoms with Crippen LogP contribution in [0.4, 0.5) is 0 Å². The lowest BCUT2D eigenvalue weighted by atomic mass is 10.1. The fourth-order valence-corrected chi connectivity index (χ4v) is 2.70. The fraction of sp³-hybridized carbons (Fsp3) is 0.120. The van der Waals surface area contributed by atoms with Gasteiger partial charge in [0.1, 0.15) is 11.5 Å². The van der Waals surface area contributed by atoms with Gasteiger partial charge in [0.05, 0.1) is 25.4 Å². The first-order chi connectivity index (χ1) is 15.9. The Morgan fingerprint density at radius 3 is 2.09 bits per heavy atom. The molecule has 3 rings (SSSR count). The van der Waals surface area contributed by atoms with Crippen molar-refractivity contribution in [2.24, 2.45) is 5.10 Å². The van der Waals surface area contributed by atoms with Crippen molar-refractivity contribution in [1.82, 2.24) is 10.7 Å². The standard InChI is InChI=1S/C25H23N3O5/c1-17-3-7-20(8-4-17)25(31)33-22-11-5-18(6-12-22)15-27-28-23(29)16-26-24(30)19-9-13-21(32-2)14-10-19/h3-15H,16H2,1-2H3,(H,26,30)(H,28,29)/b27-15-. The molecule has 0 bridgehead atoms. The summed E-state index contributed by atoms with van der Waals surface area (Å²) in [5, 5.41) is 6.37. The average Bonchev–Trinajstić information content (AvgIpc) is 2.84. The molecule has 0 atom stereocenters. The van der Waals surface area contributed by atoms with Gasteiger partial charge in [-0.2, -0.15) is 5.10 Å². The van der Waals surface area contributed by atoms with Gasteiger partial charge in [0.2, 0.25) is 0 Å². The number of hydrogen-bond donors (Lipinski definition) is 2. The number of hydrogen-bond acceptors (Lipinski definition) is 6. The van der Waals surface area contributed by atoms with Crippen molar-refractivity contribution in [2.75, 3.05) is 13.7 Å². The van der Waals surface area contributed by atoms with Crippen LogP contribution in [0.2, 0.25) is 0 Å². The number of benzene rings is 3. The van der Waals surface area contributed by atoms with Crippen LogP contribution in [-0.4, -0.2) is 37.7 Å². The molecule has 8 nitrogen and oxygen atoms in total. The maximum absolute atomic E-state index is 12.2. The molecule has 0 aliphatic heterocycles. The zero-order valence-corrected chi connectivity index (χ0v) is 18.2. The van der Waals surface area contributed by atoms with Crippen LogP contribution in [0.15, 0.2) is 77.9 Å². The Morgan fingerprint density at radius 1 is 0.848 bits per heavy atom. The van der Waals surface area contributed by atoms with Crippen LogP contribution in [0.5, 0.6) is 11.5 Å². The van der Waals surface area contributed by atoms with Gasteiger partial charge in [-0.25, -0.2) is 10.2 Å². The van der Waals surface area contributed by atoms with Crippen LogP contribution in [0, 0.1) is 6.92 Å². The lowest BCUT2D eigenvalue weighted by Gasteiger charge is -2.06. The topological polar surface area (TPSA) is 106 Å². The van der Waals surface area contributed by atoms with Crippen molar-refractivity contribution < 1.29 is 23.9 Å². The van der Waals surface area contributed by atoms with E-state index in [1.165, 1.54) is 13.3 Å². The van der Waals surface area contributed by atoms with Crippen LogP contribution in [0.1, 0.15) is 31.8 Å². The van der Waals surface area contributed by atoms with Crippen molar-refractivity contribution in [1.29, 1.82) is 0 Å². The van der Waals surface area contributed by atoms with E-state index in [-0.39, 0.29) is 12.5 Å². The second-order valence-electron chi connectivity index (χ2n) is 7.03. The maximum Gasteiger partial charge on any atom is 0.343 e. The first kappa shape index (κ1) is 23.2. The van der Waals surface area contributed by atoms with E-state index >= 15 is 0 Å². The Balaban J connectivity index is 1.43. The van der Waals surface area contributed by atoms with Crippen molar-refractivity contribution in [3.63, 3.8) is 0 Å². The zero-order valence-electron chi connectivity index (χ0n) is 18.2. The molecule has 3 aromatic carbocycles. The van der Waals surface area contributed by atoms with E-state index in [4.69, 9.17) is 9.47 Å². The van der Waals surface area contributed by atoms with E-state index in [9.17, 15) is 14.4 Å². The third-order valence-corrected chi connectivity index (χ3v) is 4.54. The largest absolute Gasteiger partial charge is 0.497 e. The van der Waals surface area contributed by atoms with Gasteiger partial charge in [0.15, 0.2) is 0 Å². The number of nitrogens with one attached hydrogen (secondary N) is 2. The van der Waals surface area contributed by atoms with Gasteiger partial charge in [0, 0.05) is 5.56 Å². The quantitative estimate of drug-likeness (QED) is 0.240. The number of carbonyl (C=O) groups excluding carboxylic acids is 3. The molecule has 0 radical (unpaired) electrons. The van der Waals surface area contributed by atoms with Crippen LogP contribution < -0.4 is 20.2 Å². The minimum atomic E-state index is -0.475. The van der Waals surface area contributed by atoms with Crippen LogP contribution in [0.3, 0.4) is 0 Å². The molecule has 0 fully saturated rings. The summed E-state index contributed by atoms with van der Waals surface area (Å²) in [6.45, 7) is 1.71. The van der Waals surface area contributed by atoms with Crippen LogP contribution in [0.25, 0.3) is 0 Å². The number of amides is 2. The van der Waals surface area contributed by atoms with Gasteiger partial charge in [-0.3, -0.25) is 9.59 Å². The van der Waals surface area contributed by atoms with Gasteiger partial charge in [-0.1, -0.05) is 17.7 Å². The van der Waals surface area contributed by atoms with Crippen molar-refractivity contribution in [2.45, 2.75) is 6.92 Å². The summed E-state index contributed by atoms with van der Waals surface area (Å²) < 4.78 is 10.4. The fourth-order valence-electron chi connectivity index (χ4n) is 2.70. The third kappa shape index (κ3) is 7.03. The average molecular weight is 445 g/mol. The number of methoxy groups -OCH3 is 1. The van der Waals surface area contributed by atoms with Gasteiger partial charge >= 0.3 is 5.97 Å². The van der Waals surface area contributed by atoms with E-state index in [1.54, 1.807) is 60.7 Å². The molecule has 168 valence electrons. The highest BCUT2D eigenvalue weighted by Gasteiger charge is 2.09. The van der Waals surface area contributed by atoms with Gasteiger partial charge < -0.3 is 14.8 Å². The molecule has 0 heterocycles. The Labute approximate surface area is 191 Å². The Hall–Kier alpha value is -4.46.